The zero-order valence-corrected chi connectivity index (χ0v) is 15.7. The van der Waals surface area contributed by atoms with Gasteiger partial charge in [-0.1, -0.05) is 11.6 Å². The summed E-state index contributed by atoms with van der Waals surface area (Å²) in [6.45, 7) is 4.12. The van der Waals surface area contributed by atoms with Crippen LogP contribution in [0.1, 0.15) is 41.6 Å². The predicted octanol–water partition coefficient (Wildman–Crippen LogP) is 3.51. The summed E-state index contributed by atoms with van der Waals surface area (Å²) in [5.41, 5.74) is 1.56. The van der Waals surface area contributed by atoms with E-state index in [1.54, 1.807) is 12.1 Å². The van der Waals surface area contributed by atoms with Crippen LogP contribution in [0.5, 0.6) is 0 Å². The van der Waals surface area contributed by atoms with E-state index in [2.05, 4.69) is 10.2 Å². The van der Waals surface area contributed by atoms with Crippen molar-refractivity contribution in [2.75, 3.05) is 26.7 Å². The second-order valence-corrected chi connectivity index (χ2v) is 7.11. The highest BCUT2D eigenvalue weighted by molar-refractivity contribution is 6.31. The number of hydrogen-bond donors (Lipinski definition) is 1. The average molecular weight is 373 g/mol. The van der Waals surface area contributed by atoms with Gasteiger partial charge in [0.15, 0.2) is 0 Å². The third-order valence-electron chi connectivity index (χ3n) is 4.84. The molecule has 1 aliphatic carbocycles. The second-order valence-electron chi connectivity index (χ2n) is 6.70. The molecule has 1 aromatic rings. The number of hydrogen-bond acceptors (Lipinski definition) is 4. The Kier molecular flexibility index (Phi) is 7.35. The van der Waals surface area contributed by atoms with Gasteiger partial charge in [0.1, 0.15) is 0 Å². The highest BCUT2D eigenvalue weighted by Gasteiger charge is 2.24. The molecule has 1 aliphatic heterocycles. The van der Waals surface area contributed by atoms with Gasteiger partial charge in [0.25, 0.3) is 0 Å². The van der Waals surface area contributed by atoms with Gasteiger partial charge in [0.2, 0.25) is 0 Å². The van der Waals surface area contributed by atoms with Crippen molar-refractivity contribution in [2.45, 2.75) is 38.3 Å². The van der Waals surface area contributed by atoms with Crippen LogP contribution in [-0.4, -0.2) is 43.7 Å². The van der Waals surface area contributed by atoms with Crippen LogP contribution in [0.2, 0.25) is 5.02 Å². The summed E-state index contributed by atoms with van der Waals surface area (Å²) in [4.78, 5) is 14.1. The predicted molar refractivity (Wildman–Crippen MR) is 99.1 cm³/mol. The van der Waals surface area contributed by atoms with E-state index in [1.807, 2.05) is 6.07 Å². The number of esters is 1. The Labute approximate surface area is 155 Å². The SMILES string of the molecule is COC(=O)c1ccc(Cl)c(CN2CCC(NCC3CC3)CC2)c1.Cl. The first-order valence-electron chi connectivity index (χ1n) is 8.48. The third-order valence-corrected chi connectivity index (χ3v) is 5.21. The van der Waals surface area contributed by atoms with Gasteiger partial charge in [-0.2, -0.15) is 0 Å². The number of piperidine rings is 1. The zero-order chi connectivity index (χ0) is 16.2. The molecular formula is C18H26Cl2N2O2. The molecule has 1 saturated carbocycles. The van der Waals surface area contributed by atoms with Gasteiger partial charge >= 0.3 is 5.97 Å². The molecule has 1 saturated heterocycles. The topological polar surface area (TPSA) is 41.6 Å². The van der Waals surface area contributed by atoms with E-state index in [4.69, 9.17) is 16.3 Å². The first kappa shape index (κ1) is 19.5. The van der Waals surface area contributed by atoms with Crippen LogP contribution >= 0.6 is 24.0 Å². The van der Waals surface area contributed by atoms with Crippen LogP contribution in [0.4, 0.5) is 0 Å². The lowest BCUT2D eigenvalue weighted by Gasteiger charge is -2.32. The Bertz CT molecular complexity index is 556. The maximum absolute atomic E-state index is 11.7. The molecule has 134 valence electrons. The Morgan fingerprint density at radius 1 is 1.29 bits per heavy atom. The quantitative estimate of drug-likeness (QED) is 0.775. The number of nitrogens with one attached hydrogen (secondary N) is 1. The number of carbonyl (C=O) groups excluding carboxylic acids is 1. The average Bonchev–Trinajstić information content (AvgIpc) is 3.40. The number of halogens is 2. The molecule has 1 heterocycles. The fourth-order valence-corrected chi connectivity index (χ4v) is 3.31. The van der Waals surface area contributed by atoms with Crippen molar-refractivity contribution in [1.82, 2.24) is 10.2 Å². The van der Waals surface area contributed by atoms with Crippen molar-refractivity contribution in [3.05, 3.63) is 34.3 Å². The summed E-state index contributed by atoms with van der Waals surface area (Å²) < 4.78 is 4.78. The highest BCUT2D eigenvalue weighted by atomic mass is 35.5. The molecule has 1 aromatic carbocycles. The van der Waals surface area contributed by atoms with E-state index in [-0.39, 0.29) is 18.4 Å². The molecule has 0 unspecified atom stereocenters. The summed E-state index contributed by atoms with van der Waals surface area (Å²) in [6.07, 6.45) is 5.17. The number of methoxy groups -OCH3 is 1. The third kappa shape index (κ3) is 5.35. The molecule has 0 atom stereocenters. The van der Waals surface area contributed by atoms with Crippen molar-refractivity contribution in [3.8, 4) is 0 Å². The van der Waals surface area contributed by atoms with Crippen molar-refractivity contribution in [3.63, 3.8) is 0 Å². The Morgan fingerprint density at radius 3 is 2.62 bits per heavy atom. The maximum atomic E-state index is 11.7. The molecule has 2 fully saturated rings. The molecule has 6 heteroatoms. The molecule has 0 aromatic heterocycles. The van der Waals surface area contributed by atoms with E-state index in [0.29, 0.717) is 16.6 Å². The van der Waals surface area contributed by atoms with Crippen LogP contribution in [0.25, 0.3) is 0 Å². The van der Waals surface area contributed by atoms with Gasteiger partial charge in [-0.25, -0.2) is 4.79 Å². The lowest BCUT2D eigenvalue weighted by atomic mass is 10.0. The highest BCUT2D eigenvalue weighted by Crippen LogP contribution is 2.28. The van der Waals surface area contributed by atoms with Gasteiger partial charge in [0, 0.05) is 17.6 Å². The van der Waals surface area contributed by atoms with E-state index in [9.17, 15) is 4.79 Å². The van der Waals surface area contributed by atoms with Crippen LogP contribution in [0, 0.1) is 5.92 Å². The van der Waals surface area contributed by atoms with Crippen molar-refractivity contribution < 1.29 is 9.53 Å². The van der Waals surface area contributed by atoms with Gasteiger partial charge in [-0.15, -0.1) is 12.4 Å². The Morgan fingerprint density at radius 2 is 2.00 bits per heavy atom. The van der Waals surface area contributed by atoms with E-state index in [1.165, 1.54) is 39.3 Å². The Balaban J connectivity index is 0.00000208. The van der Waals surface area contributed by atoms with Crippen LogP contribution < -0.4 is 5.32 Å². The number of carbonyl (C=O) groups is 1. The smallest absolute Gasteiger partial charge is 0.337 e. The van der Waals surface area contributed by atoms with Gasteiger partial charge in [-0.05, 0) is 75.0 Å². The second kappa shape index (κ2) is 9.04. The Hall–Kier alpha value is -0.810. The molecule has 0 bridgehead atoms. The van der Waals surface area contributed by atoms with Crippen molar-refractivity contribution in [1.29, 1.82) is 0 Å². The van der Waals surface area contributed by atoms with Crippen LogP contribution in [-0.2, 0) is 11.3 Å². The van der Waals surface area contributed by atoms with Crippen molar-refractivity contribution in [2.24, 2.45) is 5.92 Å². The zero-order valence-electron chi connectivity index (χ0n) is 14.1. The van der Waals surface area contributed by atoms with E-state index < -0.39 is 0 Å². The molecule has 3 rings (SSSR count). The first-order valence-corrected chi connectivity index (χ1v) is 8.86. The number of nitrogens with zero attached hydrogens (tertiary/aromatic N) is 1. The van der Waals surface area contributed by atoms with Crippen LogP contribution in [0.3, 0.4) is 0 Å². The fraction of sp³-hybridized carbons (Fsp3) is 0.611. The number of benzene rings is 1. The molecule has 0 spiro atoms. The number of ether oxygens (including phenoxy) is 1. The summed E-state index contributed by atoms with van der Waals surface area (Å²) >= 11 is 6.29. The number of likely N-dealkylation sites (tertiary alicyclic amines) is 1. The lowest BCUT2D eigenvalue weighted by Crippen LogP contribution is -2.42. The number of rotatable bonds is 6. The fourth-order valence-electron chi connectivity index (χ4n) is 3.13. The molecule has 24 heavy (non-hydrogen) atoms. The minimum atomic E-state index is -0.314. The molecule has 4 nitrogen and oxygen atoms in total. The van der Waals surface area contributed by atoms with Gasteiger partial charge in [0.05, 0.1) is 12.7 Å². The molecule has 2 aliphatic rings. The minimum Gasteiger partial charge on any atom is -0.465 e. The van der Waals surface area contributed by atoms with Gasteiger partial charge in [-0.3, -0.25) is 4.90 Å². The summed E-state index contributed by atoms with van der Waals surface area (Å²) in [7, 11) is 1.40. The summed E-state index contributed by atoms with van der Waals surface area (Å²) in [5.74, 6) is 0.624. The first-order chi connectivity index (χ1) is 11.2. The molecule has 0 radical (unpaired) electrons. The molecule has 0 amide bonds. The normalized spacial score (nSPS) is 18.9. The van der Waals surface area contributed by atoms with E-state index in [0.717, 1.165) is 31.1 Å². The maximum Gasteiger partial charge on any atom is 0.337 e. The largest absolute Gasteiger partial charge is 0.465 e. The summed E-state index contributed by atoms with van der Waals surface area (Å²) in [6, 6.07) is 6.01. The van der Waals surface area contributed by atoms with E-state index >= 15 is 0 Å². The van der Waals surface area contributed by atoms with Gasteiger partial charge < -0.3 is 10.1 Å². The summed E-state index contributed by atoms with van der Waals surface area (Å²) in [5, 5.41) is 4.41. The minimum absolute atomic E-state index is 0. The standard InChI is InChI=1S/C18H25ClN2O2.ClH/c1-23-18(22)14-4-5-17(19)15(10-14)12-21-8-6-16(7-9-21)20-11-13-2-3-13;/h4-5,10,13,16,20H,2-3,6-9,11-12H2,1H3;1H. The molecule has 1 N–H and O–H groups in total. The van der Waals surface area contributed by atoms with Crippen LogP contribution in [0.15, 0.2) is 18.2 Å². The lowest BCUT2D eigenvalue weighted by molar-refractivity contribution is 0.0600. The monoisotopic (exact) mass is 372 g/mol. The van der Waals surface area contributed by atoms with Crippen molar-refractivity contribution >= 4 is 30.0 Å². The molecular weight excluding hydrogens is 347 g/mol.